The number of esters is 1. The van der Waals surface area contributed by atoms with Gasteiger partial charge in [0, 0.05) is 11.6 Å². The van der Waals surface area contributed by atoms with Crippen LogP contribution in [0.1, 0.15) is 5.56 Å². The van der Waals surface area contributed by atoms with Crippen molar-refractivity contribution in [3.8, 4) is 28.6 Å². The van der Waals surface area contributed by atoms with Crippen LogP contribution in [0, 0.1) is 0 Å². The van der Waals surface area contributed by atoms with E-state index in [9.17, 15) is 4.79 Å². The minimum absolute atomic E-state index is 0.190. The lowest BCUT2D eigenvalue weighted by molar-refractivity contribution is -0.134. The Morgan fingerprint density at radius 1 is 0.897 bits per heavy atom. The largest absolute Gasteiger partial charge is 0.497 e. The summed E-state index contributed by atoms with van der Waals surface area (Å²) in [5, 5.41) is 4.66. The van der Waals surface area contributed by atoms with E-state index in [1.165, 1.54) is 0 Å². The molecular formula is C24H20N2O3. The first-order chi connectivity index (χ1) is 14.2. The number of aromatic nitrogens is 2. The predicted molar refractivity (Wildman–Crippen MR) is 111 cm³/mol. The lowest BCUT2D eigenvalue weighted by Crippen LogP contribution is -2.13. The number of rotatable bonds is 6. The Balaban J connectivity index is 1.66. The highest BCUT2D eigenvalue weighted by Crippen LogP contribution is 2.27. The van der Waals surface area contributed by atoms with E-state index in [4.69, 9.17) is 9.47 Å². The summed E-state index contributed by atoms with van der Waals surface area (Å²) in [7, 11) is 1.62. The first-order valence-corrected chi connectivity index (χ1v) is 9.27. The molecule has 4 aromatic rings. The lowest BCUT2D eigenvalue weighted by atomic mass is 10.1. The van der Waals surface area contributed by atoms with Gasteiger partial charge in [-0.25, -0.2) is 4.68 Å². The quantitative estimate of drug-likeness (QED) is 0.452. The van der Waals surface area contributed by atoms with E-state index < -0.39 is 0 Å². The number of ether oxygens (including phenoxy) is 2. The second-order valence-corrected chi connectivity index (χ2v) is 6.48. The van der Waals surface area contributed by atoms with Crippen LogP contribution in [0.25, 0.3) is 16.9 Å². The highest BCUT2D eigenvalue weighted by Gasteiger charge is 2.16. The molecule has 0 aliphatic heterocycles. The summed E-state index contributed by atoms with van der Waals surface area (Å²) in [6.45, 7) is 0. The number of nitrogens with zero attached hydrogens (tertiary/aromatic N) is 2. The Hall–Kier alpha value is -3.86. The van der Waals surface area contributed by atoms with Gasteiger partial charge in [-0.15, -0.1) is 0 Å². The van der Waals surface area contributed by atoms with Gasteiger partial charge in [-0.2, -0.15) is 5.10 Å². The monoisotopic (exact) mass is 384 g/mol. The Kier molecular flexibility index (Phi) is 5.38. The van der Waals surface area contributed by atoms with Crippen molar-refractivity contribution < 1.29 is 14.3 Å². The SMILES string of the molecule is COc1ccc(-n2nc(-c3ccccc3)cc2OC(=O)Cc2ccccc2)cc1. The van der Waals surface area contributed by atoms with E-state index in [1.54, 1.807) is 17.9 Å². The van der Waals surface area contributed by atoms with E-state index in [-0.39, 0.29) is 12.4 Å². The zero-order valence-corrected chi connectivity index (χ0v) is 16.0. The third kappa shape index (κ3) is 4.35. The normalized spacial score (nSPS) is 10.5. The van der Waals surface area contributed by atoms with Crippen molar-refractivity contribution in [2.45, 2.75) is 6.42 Å². The van der Waals surface area contributed by atoms with Crippen LogP contribution in [0.2, 0.25) is 0 Å². The number of hydrogen-bond acceptors (Lipinski definition) is 4. The summed E-state index contributed by atoms with van der Waals surface area (Å²) in [6, 6.07) is 28.5. The second-order valence-electron chi connectivity index (χ2n) is 6.48. The molecule has 0 fully saturated rings. The summed E-state index contributed by atoms with van der Waals surface area (Å²) in [5.74, 6) is 0.771. The van der Waals surface area contributed by atoms with Crippen LogP contribution in [0.4, 0.5) is 0 Å². The van der Waals surface area contributed by atoms with Crippen LogP contribution in [0.5, 0.6) is 11.6 Å². The molecule has 0 saturated heterocycles. The molecule has 5 nitrogen and oxygen atoms in total. The van der Waals surface area contributed by atoms with Crippen LogP contribution in [0.15, 0.2) is 91.0 Å². The van der Waals surface area contributed by atoms with Crippen molar-refractivity contribution in [3.63, 3.8) is 0 Å². The van der Waals surface area contributed by atoms with Crippen LogP contribution in [-0.2, 0) is 11.2 Å². The van der Waals surface area contributed by atoms with E-state index in [2.05, 4.69) is 5.10 Å². The van der Waals surface area contributed by atoms with Gasteiger partial charge in [-0.3, -0.25) is 4.79 Å². The van der Waals surface area contributed by atoms with E-state index in [1.807, 2.05) is 84.9 Å². The molecule has 0 bridgehead atoms. The molecule has 0 saturated carbocycles. The van der Waals surface area contributed by atoms with Gasteiger partial charge in [0.05, 0.1) is 24.9 Å². The smallest absolute Gasteiger partial charge is 0.316 e. The topological polar surface area (TPSA) is 53.4 Å². The maximum atomic E-state index is 12.5. The third-order valence-corrected chi connectivity index (χ3v) is 4.47. The summed E-state index contributed by atoms with van der Waals surface area (Å²) >= 11 is 0. The van der Waals surface area contributed by atoms with Gasteiger partial charge in [-0.05, 0) is 29.8 Å². The fourth-order valence-electron chi connectivity index (χ4n) is 3.01. The van der Waals surface area contributed by atoms with Crippen molar-refractivity contribution in [2.24, 2.45) is 0 Å². The zero-order chi connectivity index (χ0) is 20.1. The standard InChI is InChI=1S/C24H20N2O3/c1-28-21-14-12-20(13-15-21)26-23(17-22(25-26)19-10-6-3-7-11-19)29-24(27)16-18-8-4-2-5-9-18/h2-15,17H,16H2,1H3. The van der Waals surface area contributed by atoms with Crippen LogP contribution >= 0.6 is 0 Å². The molecule has 0 aliphatic carbocycles. The van der Waals surface area contributed by atoms with Crippen molar-refractivity contribution in [1.82, 2.24) is 9.78 Å². The molecule has 0 N–H and O–H groups in total. The van der Waals surface area contributed by atoms with Crippen LogP contribution < -0.4 is 9.47 Å². The molecule has 0 spiro atoms. The van der Waals surface area contributed by atoms with Crippen molar-refractivity contribution >= 4 is 5.97 Å². The zero-order valence-electron chi connectivity index (χ0n) is 16.0. The Morgan fingerprint density at radius 2 is 1.55 bits per heavy atom. The molecule has 1 heterocycles. The number of methoxy groups -OCH3 is 1. The third-order valence-electron chi connectivity index (χ3n) is 4.47. The van der Waals surface area contributed by atoms with Gasteiger partial charge in [0.25, 0.3) is 0 Å². The minimum atomic E-state index is -0.342. The highest BCUT2D eigenvalue weighted by molar-refractivity contribution is 5.75. The van der Waals surface area contributed by atoms with Crippen molar-refractivity contribution in [1.29, 1.82) is 0 Å². The Labute approximate surface area is 169 Å². The summed E-state index contributed by atoms with van der Waals surface area (Å²) in [6.07, 6.45) is 0.190. The van der Waals surface area contributed by atoms with E-state index in [0.717, 1.165) is 28.3 Å². The Morgan fingerprint density at radius 3 is 2.21 bits per heavy atom. The number of benzene rings is 3. The van der Waals surface area contributed by atoms with Gasteiger partial charge < -0.3 is 9.47 Å². The van der Waals surface area contributed by atoms with Crippen molar-refractivity contribution in [3.05, 3.63) is 96.6 Å². The summed E-state index contributed by atoms with van der Waals surface area (Å²) < 4.78 is 12.5. The summed E-state index contributed by atoms with van der Waals surface area (Å²) in [4.78, 5) is 12.5. The van der Waals surface area contributed by atoms with Gasteiger partial charge in [0.2, 0.25) is 5.88 Å². The molecular weight excluding hydrogens is 364 g/mol. The van der Waals surface area contributed by atoms with E-state index >= 15 is 0 Å². The first kappa shape index (κ1) is 18.5. The maximum Gasteiger partial charge on any atom is 0.316 e. The van der Waals surface area contributed by atoms with E-state index in [0.29, 0.717) is 5.88 Å². The predicted octanol–water partition coefficient (Wildman–Crippen LogP) is 4.70. The molecule has 1 aromatic heterocycles. The first-order valence-electron chi connectivity index (χ1n) is 9.27. The fourth-order valence-corrected chi connectivity index (χ4v) is 3.01. The minimum Gasteiger partial charge on any atom is -0.497 e. The molecule has 0 unspecified atom stereocenters. The van der Waals surface area contributed by atoms with Crippen molar-refractivity contribution in [2.75, 3.05) is 7.11 Å². The average molecular weight is 384 g/mol. The summed E-state index contributed by atoms with van der Waals surface area (Å²) in [5.41, 5.74) is 3.34. The fraction of sp³-hybridized carbons (Fsp3) is 0.0833. The van der Waals surface area contributed by atoms with Crippen LogP contribution in [-0.4, -0.2) is 22.9 Å². The second kappa shape index (κ2) is 8.44. The molecule has 0 radical (unpaired) electrons. The highest BCUT2D eigenvalue weighted by atomic mass is 16.5. The molecule has 3 aromatic carbocycles. The molecule has 5 heteroatoms. The number of carbonyl (C=O) groups excluding carboxylic acids is 1. The molecule has 0 amide bonds. The average Bonchev–Trinajstić information content (AvgIpc) is 3.18. The Bertz CT molecular complexity index is 1090. The number of hydrogen-bond donors (Lipinski definition) is 0. The lowest BCUT2D eigenvalue weighted by Gasteiger charge is -2.08. The molecule has 4 rings (SSSR count). The van der Waals surface area contributed by atoms with Gasteiger partial charge in [0.1, 0.15) is 5.75 Å². The molecule has 29 heavy (non-hydrogen) atoms. The molecule has 144 valence electrons. The van der Waals surface area contributed by atoms with Crippen LogP contribution in [0.3, 0.4) is 0 Å². The molecule has 0 atom stereocenters. The molecule has 0 aliphatic rings. The van der Waals surface area contributed by atoms with Gasteiger partial charge >= 0.3 is 5.97 Å². The van der Waals surface area contributed by atoms with Gasteiger partial charge in [0.15, 0.2) is 0 Å². The number of carbonyl (C=O) groups is 1. The maximum absolute atomic E-state index is 12.5. The van der Waals surface area contributed by atoms with Gasteiger partial charge in [-0.1, -0.05) is 60.7 Å².